The number of carbonyl (C=O) groups excluding carboxylic acids is 1. The highest BCUT2D eigenvalue weighted by atomic mass is 19.1. The van der Waals surface area contributed by atoms with Crippen LogP contribution in [0, 0.1) is 11.2 Å². The lowest BCUT2D eigenvalue weighted by molar-refractivity contribution is -0.136. The smallest absolute Gasteiger partial charge is 0.226 e. The molecule has 2 fully saturated rings. The molecule has 26 heavy (non-hydrogen) atoms. The van der Waals surface area contributed by atoms with Crippen LogP contribution in [0.15, 0.2) is 48.5 Å². The second-order valence-corrected chi connectivity index (χ2v) is 7.62. The van der Waals surface area contributed by atoms with Crippen molar-refractivity contribution in [3.05, 3.63) is 59.9 Å². The number of benzene rings is 2. The first-order chi connectivity index (χ1) is 12.6. The van der Waals surface area contributed by atoms with Crippen LogP contribution in [0.3, 0.4) is 0 Å². The molecule has 2 aliphatic rings. The number of hydrogen-bond donors (Lipinski definition) is 1. The predicted molar refractivity (Wildman–Crippen MR) is 101 cm³/mol. The molecule has 0 bridgehead atoms. The number of nitrogens with one attached hydrogen (secondary N) is 1. The van der Waals surface area contributed by atoms with Crippen LogP contribution in [-0.2, 0) is 11.3 Å². The van der Waals surface area contributed by atoms with Crippen LogP contribution in [0.1, 0.15) is 31.2 Å². The van der Waals surface area contributed by atoms with E-state index in [2.05, 4.69) is 34.5 Å². The van der Waals surface area contributed by atoms with E-state index in [9.17, 15) is 9.18 Å². The van der Waals surface area contributed by atoms with E-state index in [0.29, 0.717) is 0 Å². The molecule has 1 spiro atoms. The van der Waals surface area contributed by atoms with E-state index in [-0.39, 0.29) is 17.1 Å². The first-order valence-electron chi connectivity index (χ1n) is 9.50. The summed E-state index contributed by atoms with van der Waals surface area (Å²) in [6.45, 7) is 3.71. The molecule has 3 nitrogen and oxygen atoms in total. The van der Waals surface area contributed by atoms with E-state index >= 15 is 0 Å². The number of rotatable bonds is 3. The van der Waals surface area contributed by atoms with Crippen LogP contribution in [0.25, 0.3) is 11.1 Å². The summed E-state index contributed by atoms with van der Waals surface area (Å²) in [6, 6.07) is 15.1. The van der Waals surface area contributed by atoms with Crippen molar-refractivity contribution in [1.82, 2.24) is 10.2 Å². The fourth-order valence-electron chi connectivity index (χ4n) is 4.25. The Morgan fingerprint density at radius 3 is 2.15 bits per heavy atom. The third-order valence-corrected chi connectivity index (χ3v) is 5.95. The van der Waals surface area contributed by atoms with Crippen molar-refractivity contribution < 1.29 is 9.18 Å². The number of nitrogens with zero attached hydrogens (tertiary/aromatic N) is 1. The summed E-state index contributed by atoms with van der Waals surface area (Å²) in [5.74, 6) is 0.0620. The van der Waals surface area contributed by atoms with Crippen molar-refractivity contribution in [2.24, 2.45) is 5.41 Å². The van der Waals surface area contributed by atoms with Crippen molar-refractivity contribution in [3.63, 3.8) is 0 Å². The predicted octanol–water partition coefficient (Wildman–Crippen LogP) is 3.98. The molecular weight excluding hydrogens is 327 g/mol. The van der Waals surface area contributed by atoms with Gasteiger partial charge in [0.1, 0.15) is 5.82 Å². The Hall–Kier alpha value is -2.20. The molecule has 2 aromatic carbocycles. The van der Waals surface area contributed by atoms with E-state index in [1.165, 1.54) is 17.7 Å². The summed E-state index contributed by atoms with van der Waals surface area (Å²) in [6.07, 6.45) is 4.08. The summed E-state index contributed by atoms with van der Waals surface area (Å²) >= 11 is 0. The minimum absolute atomic E-state index is 0.110. The largest absolute Gasteiger partial charge is 0.356 e. The van der Waals surface area contributed by atoms with E-state index in [1.807, 2.05) is 12.1 Å². The van der Waals surface area contributed by atoms with Gasteiger partial charge in [-0.25, -0.2) is 4.39 Å². The van der Waals surface area contributed by atoms with Crippen molar-refractivity contribution in [1.29, 1.82) is 0 Å². The molecule has 2 heterocycles. The zero-order valence-electron chi connectivity index (χ0n) is 15.0. The fourth-order valence-corrected chi connectivity index (χ4v) is 4.25. The Labute approximate surface area is 154 Å². The normalized spacial score (nSPS) is 20.1. The Morgan fingerprint density at radius 2 is 1.54 bits per heavy atom. The second-order valence-electron chi connectivity index (χ2n) is 7.62. The molecule has 0 unspecified atom stereocenters. The maximum absolute atomic E-state index is 13.1. The molecule has 4 heteroatoms. The van der Waals surface area contributed by atoms with Crippen molar-refractivity contribution >= 4 is 5.91 Å². The molecule has 2 aliphatic heterocycles. The first-order valence-corrected chi connectivity index (χ1v) is 9.50. The number of hydrogen-bond acceptors (Lipinski definition) is 2. The van der Waals surface area contributed by atoms with Crippen LogP contribution in [-0.4, -0.2) is 30.4 Å². The van der Waals surface area contributed by atoms with Gasteiger partial charge < -0.3 is 5.32 Å². The number of carbonyl (C=O) groups is 1. The van der Waals surface area contributed by atoms with Gasteiger partial charge in [0.05, 0.1) is 5.41 Å². The number of amides is 1. The van der Waals surface area contributed by atoms with Crippen molar-refractivity contribution in [2.75, 3.05) is 19.6 Å². The number of piperidine rings is 2. The average molecular weight is 352 g/mol. The topological polar surface area (TPSA) is 32.3 Å². The van der Waals surface area contributed by atoms with Gasteiger partial charge in [-0.15, -0.1) is 0 Å². The highest BCUT2D eigenvalue weighted by molar-refractivity contribution is 5.83. The summed E-state index contributed by atoms with van der Waals surface area (Å²) in [7, 11) is 0. The van der Waals surface area contributed by atoms with Gasteiger partial charge in [0.2, 0.25) is 5.91 Å². The first kappa shape index (κ1) is 17.2. The van der Waals surface area contributed by atoms with Gasteiger partial charge in [0.25, 0.3) is 0 Å². The molecule has 0 aromatic heterocycles. The maximum atomic E-state index is 13.1. The monoisotopic (exact) mass is 352 g/mol. The molecule has 0 aliphatic carbocycles. The van der Waals surface area contributed by atoms with E-state index in [4.69, 9.17) is 0 Å². The van der Waals surface area contributed by atoms with Crippen LogP contribution in [0.4, 0.5) is 4.39 Å². The van der Waals surface area contributed by atoms with Crippen LogP contribution < -0.4 is 5.32 Å². The van der Waals surface area contributed by atoms with Crippen LogP contribution in [0.2, 0.25) is 0 Å². The van der Waals surface area contributed by atoms with Gasteiger partial charge in [-0.1, -0.05) is 36.4 Å². The molecule has 0 radical (unpaired) electrons. The zero-order valence-corrected chi connectivity index (χ0v) is 15.0. The minimum Gasteiger partial charge on any atom is -0.356 e. The standard InChI is InChI=1S/C22H25FN2O/c23-20-8-6-19(7-9-20)18-4-2-17(3-5-18)16-25-14-11-22(12-15-25)10-1-13-24-21(22)26/h2-9H,1,10-16H2,(H,24,26). The SMILES string of the molecule is O=C1NCCCC12CCN(Cc1ccc(-c3ccc(F)cc3)cc1)CC2. The molecule has 1 amide bonds. The van der Waals surface area contributed by atoms with Crippen LogP contribution >= 0.6 is 0 Å². The molecule has 0 saturated carbocycles. The Bertz CT molecular complexity index is 762. The van der Waals surface area contributed by atoms with Gasteiger partial charge in [0, 0.05) is 13.1 Å². The second kappa shape index (κ2) is 7.20. The van der Waals surface area contributed by atoms with Gasteiger partial charge in [0.15, 0.2) is 0 Å². The van der Waals surface area contributed by atoms with E-state index in [1.54, 1.807) is 0 Å². The fraction of sp³-hybridized carbons (Fsp3) is 0.409. The highest BCUT2D eigenvalue weighted by Crippen LogP contribution is 2.38. The van der Waals surface area contributed by atoms with Crippen molar-refractivity contribution in [2.45, 2.75) is 32.2 Å². The van der Waals surface area contributed by atoms with Gasteiger partial charge in [-0.2, -0.15) is 0 Å². The average Bonchev–Trinajstić information content (AvgIpc) is 2.67. The Kier molecular flexibility index (Phi) is 4.77. The number of likely N-dealkylation sites (tertiary alicyclic amines) is 1. The molecule has 136 valence electrons. The summed E-state index contributed by atoms with van der Waals surface area (Å²) in [5.41, 5.74) is 3.30. The molecular formula is C22H25FN2O. The number of halogens is 1. The van der Waals surface area contributed by atoms with Gasteiger partial charge >= 0.3 is 0 Å². The minimum atomic E-state index is -0.208. The third-order valence-electron chi connectivity index (χ3n) is 5.95. The molecule has 2 aromatic rings. The summed E-state index contributed by atoms with van der Waals surface area (Å²) in [5, 5.41) is 3.05. The van der Waals surface area contributed by atoms with Gasteiger partial charge in [-0.05, 0) is 67.6 Å². The molecule has 0 atom stereocenters. The lowest BCUT2D eigenvalue weighted by Crippen LogP contribution is -2.51. The molecule has 2 saturated heterocycles. The van der Waals surface area contributed by atoms with Crippen LogP contribution in [0.5, 0.6) is 0 Å². The van der Waals surface area contributed by atoms with E-state index < -0.39 is 0 Å². The lowest BCUT2D eigenvalue weighted by Gasteiger charge is -2.42. The molecule has 1 N–H and O–H groups in total. The maximum Gasteiger partial charge on any atom is 0.226 e. The quantitative estimate of drug-likeness (QED) is 0.906. The summed E-state index contributed by atoms with van der Waals surface area (Å²) < 4.78 is 13.1. The third kappa shape index (κ3) is 3.51. The zero-order chi connectivity index (χ0) is 18.0. The Morgan fingerprint density at radius 1 is 0.923 bits per heavy atom. The lowest BCUT2D eigenvalue weighted by atomic mass is 9.72. The van der Waals surface area contributed by atoms with E-state index in [0.717, 1.165) is 63.0 Å². The highest BCUT2D eigenvalue weighted by Gasteiger charge is 2.42. The molecule has 4 rings (SSSR count). The van der Waals surface area contributed by atoms with Crippen molar-refractivity contribution in [3.8, 4) is 11.1 Å². The van der Waals surface area contributed by atoms with Gasteiger partial charge in [-0.3, -0.25) is 9.69 Å². The summed E-state index contributed by atoms with van der Waals surface area (Å²) in [4.78, 5) is 14.7. The Balaban J connectivity index is 1.36.